The van der Waals surface area contributed by atoms with Gasteiger partial charge in [0.05, 0.1) is 6.04 Å². The minimum absolute atomic E-state index is 0.0374. The Bertz CT molecular complexity index is 732. The summed E-state index contributed by atoms with van der Waals surface area (Å²) in [5.41, 5.74) is -0.0374. The molecule has 1 aliphatic carbocycles. The van der Waals surface area contributed by atoms with Crippen LogP contribution in [0.4, 0.5) is 0 Å². The average Bonchev–Trinajstić information content (AvgIpc) is 3.19. The van der Waals surface area contributed by atoms with Crippen molar-refractivity contribution in [1.29, 1.82) is 0 Å². The van der Waals surface area contributed by atoms with Crippen LogP contribution in [-0.4, -0.2) is 48.1 Å². The van der Waals surface area contributed by atoms with Crippen molar-refractivity contribution in [3.63, 3.8) is 0 Å². The molecule has 4 rings (SSSR count). The van der Waals surface area contributed by atoms with Gasteiger partial charge in [-0.3, -0.25) is 4.79 Å². The van der Waals surface area contributed by atoms with Gasteiger partial charge in [0.25, 0.3) is 5.56 Å². The summed E-state index contributed by atoms with van der Waals surface area (Å²) in [6.07, 6.45) is 9.83. The van der Waals surface area contributed by atoms with Gasteiger partial charge in [-0.25, -0.2) is 14.3 Å². The lowest BCUT2D eigenvalue weighted by Gasteiger charge is -2.33. The monoisotopic (exact) mass is 360 g/mol. The van der Waals surface area contributed by atoms with Crippen LogP contribution in [0.15, 0.2) is 29.6 Å². The van der Waals surface area contributed by atoms with E-state index in [2.05, 4.69) is 32.3 Å². The Labute approximate surface area is 151 Å². The molecule has 1 N–H and O–H groups in total. The third-order valence-corrected chi connectivity index (χ3v) is 6.25. The predicted molar refractivity (Wildman–Crippen MR) is 98.2 cm³/mol. The number of nitrogens with one attached hydrogen (secondary N) is 1. The quantitative estimate of drug-likeness (QED) is 0.896. The number of rotatable bonds is 4. The predicted octanol–water partition coefficient (Wildman–Crippen LogP) is 1.79. The molecule has 0 unspecified atom stereocenters. The van der Waals surface area contributed by atoms with Crippen LogP contribution in [0.1, 0.15) is 44.6 Å². The Kier molecular flexibility index (Phi) is 5.17. The molecule has 0 spiro atoms. The van der Waals surface area contributed by atoms with Crippen molar-refractivity contribution >= 4 is 11.8 Å². The third-order valence-electron chi connectivity index (χ3n) is 5.20. The highest BCUT2D eigenvalue weighted by atomic mass is 32.2. The first-order valence-corrected chi connectivity index (χ1v) is 10.2. The molecular formula is C17H24N6OS. The zero-order chi connectivity index (χ0) is 17.1. The van der Waals surface area contributed by atoms with Crippen molar-refractivity contribution in [2.75, 3.05) is 11.5 Å². The molecule has 2 aliphatic rings. The largest absolute Gasteiger partial charge is 0.311 e. The second-order valence-electron chi connectivity index (χ2n) is 6.87. The van der Waals surface area contributed by atoms with Crippen molar-refractivity contribution in [3.8, 4) is 5.82 Å². The van der Waals surface area contributed by atoms with Gasteiger partial charge in [-0.05, 0) is 56.1 Å². The van der Waals surface area contributed by atoms with E-state index < -0.39 is 0 Å². The maximum absolute atomic E-state index is 12.3. The van der Waals surface area contributed by atoms with Crippen LogP contribution in [-0.2, 0) is 0 Å². The molecule has 8 heteroatoms. The molecule has 0 radical (unpaired) electrons. The van der Waals surface area contributed by atoms with Crippen LogP contribution in [0.5, 0.6) is 0 Å². The number of hydrogen-bond acceptors (Lipinski definition) is 6. The summed E-state index contributed by atoms with van der Waals surface area (Å²) in [5.74, 6) is 3.19. The van der Waals surface area contributed by atoms with Crippen molar-refractivity contribution in [2.24, 2.45) is 0 Å². The van der Waals surface area contributed by atoms with Crippen molar-refractivity contribution < 1.29 is 0 Å². The van der Waals surface area contributed by atoms with E-state index in [1.807, 2.05) is 0 Å². The highest BCUT2D eigenvalue weighted by Crippen LogP contribution is 2.28. The minimum atomic E-state index is -0.0374. The fraction of sp³-hybridized carbons (Fsp3) is 0.647. The van der Waals surface area contributed by atoms with Gasteiger partial charge in [0.15, 0.2) is 5.82 Å². The average molecular weight is 360 g/mol. The summed E-state index contributed by atoms with van der Waals surface area (Å²) < 4.78 is 3.23. The maximum atomic E-state index is 12.3. The van der Waals surface area contributed by atoms with E-state index in [4.69, 9.17) is 0 Å². The molecule has 25 heavy (non-hydrogen) atoms. The second kappa shape index (κ2) is 7.70. The van der Waals surface area contributed by atoms with Gasteiger partial charge in [0, 0.05) is 18.2 Å². The molecule has 0 bridgehead atoms. The highest BCUT2D eigenvalue weighted by molar-refractivity contribution is 7.99. The highest BCUT2D eigenvalue weighted by Gasteiger charge is 2.26. The first-order valence-electron chi connectivity index (χ1n) is 9.08. The van der Waals surface area contributed by atoms with Gasteiger partial charge in [-0.2, -0.15) is 16.9 Å². The lowest BCUT2D eigenvalue weighted by molar-refractivity contribution is 0.252. The molecule has 0 amide bonds. The summed E-state index contributed by atoms with van der Waals surface area (Å²) in [6.45, 7) is 0. The van der Waals surface area contributed by atoms with Crippen molar-refractivity contribution in [3.05, 3.63) is 35.1 Å². The topological polar surface area (TPSA) is 77.6 Å². The Morgan fingerprint density at radius 1 is 1.04 bits per heavy atom. The fourth-order valence-electron chi connectivity index (χ4n) is 3.81. The zero-order valence-corrected chi connectivity index (χ0v) is 15.1. The van der Waals surface area contributed by atoms with E-state index in [0.717, 1.165) is 25.7 Å². The maximum Gasteiger partial charge on any atom is 0.267 e. The SMILES string of the molecule is O=c1ccc(-n2cncn2)nn1C1CCC(NC2CCSCC2)CC1. The molecule has 2 fully saturated rings. The van der Waals surface area contributed by atoms with Crippen LogP contribution in [0.2, 0.25) is 0 Å². The van der Waals surface area contributed by atoms with E-state index in [0.29, 0.717) is 17.9 Å². The second-order valence-corrected chi connectivity index (χ2v) is 8.10. The van der Waals surface area contributed by atoms with Crippen LogP contribution in [0.3, 0.4) is 0 Å². The minimum Gasteiger partial charge on any atom is -0.311 e. The summed E-state index contributed by atoms with van der Waals surface area (Å²) in [7, 11) is 0. The number of hydrogen-bond donors (Lipinski definition) is 1. The number of aromatic nitrogens is 5. The van der Waals surface area contributed by atoms with Gasteiger partial charge < -0.3 is 5.32 Å². The van der Waals surface area contributed by atoms with E-state index in [9.17, 15) is 4.79 Å². The fourth-order valence-corrected chi connectivity index (χ4v) is 4.92. The first kappa shape index (κ1) is 16.8. The molecule has 2 aromatic heterocycles. The summed E-state index contributed by atoms with van der Waals surface area (Å²) in [4.78, 5) is 16.2. The Balaban J connectivity index is 1.40. The molecule has 134 valence electrons. The van der Waals surface area contributed by atoms with Gasteiger partial charge in [0.2, 0.25) is 0 Å². The van der Waals surface area contributed by atoms with Crippen molar-refractivity contribution in [2.45, 2.75) is 56.7 Å². The molecule has 7 nitrogen and oxygen atoms in total. The molecule has 1 saturated carbocycles. The van der Waals surface area contributed by atoms with Crippen LogP contribution in [0, 0.1) is 0 Å². The van der Waals surface area contributed by atoms with E-state index in [1.165, 1.54) is 30.7 Å². The lowest BCUT2D eigenvalue weighted by Crippen LogP contribution is -2.43. The normalized spacial score (nSPS) is 25.1. The van der Waals surface area contributed by atoms with Crippen molar-refractivity contribution in [1.82, 2.24) is 29.9 Å². The van der Waals surface area contributed by atoms with E-state index in [-0.39, 0.29) is 11.6 Å². The van der Waals surface area contributed by atoms with E-state index >= 15 is 0 Å². The van der Waals surface area contributed by atoms with Crippen LogP contribution in [0.25, 0.3) is 5.82 Å². The number of thioether (sulfide) groups is 1. The smallest absolute Gasteiger partial charge is 0.267 e. The van der Waals surface area contributed by atoms with Gasteiger partial charge in [-0.15, -0.1) is 5.10 Å². The lowest BCUT2D eigenvalue weighted by atomic mass is 9.90. The molecule has 0 aromatic carbocycles. The van der Waals surface area contributed by atoms with Gasteiger partial charge in [0.1, 0.15) is 12.7 Å². The first-order chi connectivity index (χ1) is 12.3. The number of nitrogens with zero attached hydrogens (tertiary/aromatic N) is 5. The zero-order valence-electron chi connectivity index (χ0n) is 14.3. The summed E-state index contributed by atoms with van der Waals surface area (Å²) in [6, 6.07) is 4.71. The summed E-state index contributed by atoms with van der Waals surface area (Å²) in [5, 5.41) is 12.5. The molecule has 2 aromatic rings. The van der Waals surface area contributed by atoms with Gasteiger partial charge >= 0.3 is 0 Å². The van der Waals surface area contributed by atoms with Crippen LogP contribution >= 0.6 is 11.8 Å². The molecule has 0 atom stereocenters. The molecule has 1 aliphatic heterocycles. The molecule has 1 saturated heterocycles. The van der Waals surface area contributed by atoms with Crippen LogP contribution < -0.4 is 10.9 Å². The summed E-state index contributed by atoms with van der Waals surface area (Å²) >= 11 is 2.06. The van der Waals surface area contributed by atoms with E-state index in [1.54, 1.807) is 27.8 Å². The Morgan fingerprint density at radius 3 is 2.52 bits per heavy atom. The molecular weight excluding hydrogens is 336 g/mol. The Hall–Kier alpha value is -1.67. The third kappa shape index (κ3) is 3.95. The van der Waals surface area contributed by atoms with Gasteiger partial charge in [-0.1, -0.05) is 0 Å². The standard InChI is InChI=1S/C17H24N6OS/c24-17-6-5-16(22-12-18-11-19-22)21-23(17)15-3-1-13(2-4-15)20-14-7-9-25-10-8-14/h5-6,11-15,20H,1-4,7-10H2. The molecule has 3 heterocycles. The Morgan fingerprint density at radius 2 is 1.80 bits per heavy atom.